The second-order valence-corrected chi connectivity index (χ2v) is 6.83. The summed E-state index contributed by atoms with van der Waals surface area (Å²) in [5.41, 5.74) is 0.339. The molecular weight excluding hydrogens is 310 g/mol. The second kappa shape index (κ2) is 5.67. The Morgan fingerprint density at radius 1 is 1.46 bits per heavy atom. The lowest BCUT2D eigenvalue weighted by Gasteiger charge is -2.44. The van der Waals surface area contributed by atoms with Crippen molar-refractivity contribution in [1.29, 1.82) is 5.26 Å². The van der Waals surface area contributed by atoms with Crippen molar-refractivity contribution in [3.63, 3.8) is 0 Å². The molecule has 1 aromatic rings. The van der Waals surface area contributed by atoms with Crippen LogP contribution in [0.1, 0.15) is 26.3 Å². The largest absolute Gasteiger partial charge is 0.444 e. The summed E-state index contributed by atoms with van der Waals surface area (Å²) in [4.78, 5) is 32.3. The highest BCUT2D eigenvalue weighted by Crippen LogP contribution is 2.32. The normalized spacial score (nSPS) is 19.8. The number of rotatable bonds is 0. The fraction of sp³-hybridized carbons (Fsp3) is 0.500. The fourth-order valence-electron chi connectivity index (χ4n) is 2.81. The Morgan fingerprint density at radius 2 is 2.21 bits per heavy atom. The monoisotopic (exact) mass is 329 g/mol. The maximum Gasteiger partial charge on any atom is 0.410 e. The number of aromatic nitrogens is 1. The van der Waals surface area contributed by atoms with Gasteiger partial charge in [-0.15, -0.1) is 0 Å². The van der Waals surface area contributed by atoms with Gasteiger partial charge in [0.25, 0.3) is 0 Å². The molecule has 1 N–H and O–H groups in total. The van der Waals surface area contributed by atoms with E-state index in [1.165, 1.54) is 6.20 Å². The number of piperazine rings is 1. The van der Waals surface area contributed by atoms with Crippen LogP contribution in [0.15, 0.2) is 12.3 Å². The van der Waals surface area contributed by atoms with Crippen LogP contribution < -0.4 is 10.2 Å². The number of anilines is 2. The molecule has 3 rings (SSSR count). The Hall–Kier alpha value is -2.82. The summed E-state index contributed by atoms with van der Waals surface area (Å²) in [7, 11) is 0. The Balaban J connectivity index is 1.80. The van der Waals surface area contributed by atoms with Crippen molar-refractivity contribution in [3.05, 3.63) is 17.8 Å². The first-order chi connectivity index (χ1) is 11.3. The Bertz CT molecular complexity index is 734. The molecule has 0 bridgehead atoms. The zero-order valence-corrected chi connectivity index (χ0v) is 13.9. The van der Waals surface area contributed by atoms with Crippen LogP contribution in [-0.2, 0) is 9.53 Å². The maximum absolute atomic E-state index is 12.4. The Morgan fingerprint density at radius 3 is 2.88 bits per heavy atom. The molecule has 8 heteroatoms. The van der Waals surface area contributed by atoms with E-state index in [0.29, 0.717) is 30.2 Å². The van der Waals surface area contributed by atoms with Gasteiger partial charge in [-0.05, 0) is 26.8 Å². The first-order valence-corrected chi connectivity index (χ1v) is 7.74. The van der Waals surface area contributed by atoms with Gasteiger partial charge >= 0.3 is 6.09 Å². The highest BCUT2D eigenvalue weighted by Gasteiger charge is 2.40. The molecule has 0 aromatic carbocycles. The number of carbonyl (C=O) groups excluding carboxylic acids is 2. The molecule has 126 valence electrons. The summed E-state index contributed by atoms with van der Waals surface area (Å²) in [5.74, 6) is 0.412. The third kappa shape index (κ3) is 2.97. The van der Waals surface area contributed by atoms with Crippen LogP contribution in [0, 0.1) is 11.3 Å². The van der Waals surface area contributed by atoms with E-state index in [-0.39, 0.29) is 12.5 Å². The van der Waals surface area contributed by atoms with E-state index in [0.717, 1.165) is 0 Å². The summed E-state index contributed by atoms with van der Waals surface area (Å²) in [5, 5.41) is 11.7. The lowest BCUT2D eigenvalue weighted by molar-refractivity contribution is -0.118. The van der Waals surface area contributed by atoms with Gasteiger partial charge in [-0.2, -0.15) is 5.26 Å². The van der Waals surface area contributed by atoms with Gasteiger partial charge in [0.1, 0.15) is 17.7 Å². The second-order valence-electron chi connectivity index (χ2n) is 6.83. The predicted octanol–water partition coefficient (Wildman–Crippen LogP) is 1.33. The Labute approximate surface area is 140 Å². The molecule has 0 saturated carbocycles. The third-order valence-electron chi connectivity index (χ3n) is 3.86. The van der Waals surface area contributed by atoms with Gasteiger partial charge in [-0.3, -0.25) is 4.79 Å². The van der Waals surface area contributed by atoms with Gasteiger partial charge in [0.15, 0.2) is 5.82 Å². The van der Waals surface area contributed by atoms with Crippen LogP contribution in [0.25, 0.3) is 0 Å². The number of fused-ring (bicyclic) bond motifs is 3. The van der Waals surface area contributed by atoms with E-state index < -0.39 is 17.7 Å². The highest BCUT2D eigenvalue weighted by atomic mass is 16.6. The summed E-state index contributed by atoms with van der Waals surface area (Å²) in [6.07, 6.45) is 1.06. The van der Waals surface area contributed by atoms with Crippen LogP contribution in [0.4, 0.5) is 16.3 Å². The number of nitrogens with one attached hydrogen (secondary N) is 1. The molecule has 1 saturated heterocycles. The van der Waals surface area contributed by atoms with Crippen molar-refractivity contribution in [2.24, 2.45) is 0 Å². The van der Waals surface area contributed by atoms with Gasteiger partial charge < -0.3 is 19.9 Å². The van der Waals surface area contributed by atoms with Gasteiger partial charge in [-0.25, -0.2) is 9.78 Å². The quantitative estimate of drug-likeness (QED) is 0.771. The summed E-state index contributed by atoms with van der Waals surface area (Å²) >= 11 is 0. The molecule has 2 aliphatic heterocycles. The van der Waals surface area contributed by atoms with E-state index >= 15 is 0 Å². The number of carbonyl (C=O) groups is 2. The molecule has 8 nitrogen and oxygen atoms in total. The first-order valence-electron chi connectivity index (χ1n) is 7.74. The minimum atomic E-state index is -0.578. The number of hydrogen-bond donors (Lipinski definition) is 1. The summed E-state index contributed by atoms with van der Waals surface area (Å²) in [6.45, 7) is 6.58. The molecular formula is C16H19N5O3. The van der Waals surface area contributed by atoms with Crippen LogP contribution in [0.5, 0.6) is 0 Å². The zero-order valence-electron chi connectivity index (χ0n) is 13.9. The van der Waals surface area contributed by atoms with Crippen LogP contribution in [0.2, 0.25) is 0 Å². The zero-order chi connectivity index (χ0) is 17.5. The summed E-state index contributed by atoms with van der Waals surface area (Å²) in [6, 6.07) is 3.10. The SMILES string of the molecule is CC(C)(C)OC(=O)N1CCN2c3ncc(C#N)cc3NC(=O)[C@@H]2C1. The molecule has 24 heavy (non-hydrogen) atoms. The van der Waals surface area contributed by atoms with E-state index in [1.54, 1.807) is 31.7 Å². The minimum Gasteiger partial charge on any atom is -0.444 e. The van der Waals surface area contributed by atoms with Crippen LogP contribution in [-0.4, -0.2) is 53.2 Å². The van der Waals surface area contributed by atoms with E-state index in [4.69, 9.17) is 10.00 Å². The molecule has 0 spiro atoms. The van der Waals surface area contributed by atoms with E-state index in [2.05, 4.69) is 10.3 Å². The molecule has 3 heterocycles. The molecule has 0 radical (unpaired) electrons. The lowest BCUT2D eigenvalue weighted by atomic mass is 10.1. The van der Waals surface area contributed by atoms with Crippen molar-refractivity contribution < 1.29 is 14.3 Å². The predicted molar refractivity (Wildman–Crippen MR) is 86.5 cm³/mol. The number of hydrogen-bond acceptors (Lipinski definition) is 6. The van der Waals surface area contributed by atoms with Crippen molar-refractivity contribution in [3.8, 4) is 6.07 Å². The third-order valence-corrected chi connectivity index (χ3v) is 3.86. The van der Waals surface area contributed by atoms with Gasteiger partial charge in [-0.1, -0.05) is 0 Å². The average molecular weight is 329 g/mol. The number of amides is 2. The van der Waals surface area contributed by atoms with E-state index in [9.17, 15) is 9.59 Å². The van der Waals surface area contributed by atoms with Crippen molar-refractivity contribution >= 4 is 23.5 Å². The topological polar surface area (TPSA) is 98.6 Å². The highest BCUT2D eigenvalue weighted by molar-refractivity contribution is 6.03. The van der Waals surface area contributed by atoms with Crippen molar-refractivity contribution in [1.82, 2.24) is 9.88 Å². The molecule has 1 atom stereocenters. The van der Waals surface area contributed by atoms with Gasteiger partial charge in [0.2, 0.25) is 5.91 Å². The van der Waals surface area contributed by atoms with Crippen molar-refractivity contribution in [2.75, 3.05) is 29.9 Å². The molecule has 2 amide bonds. The summed E-state index contributed by atoms with van der Waals surface area (Å²) < 4.78 is 5.38. The van der Waals surface area contributed by atoms with Crippen LogP contribution in [0.3, 0.4) is 0 Å². The molecule has 0 unspecified atom stereocenters. The molecule has 0 aliphatic carbocycles. The average Bonchev–Trinajstić information content (AvgIpc) is 2.52. The molecule has 1 fully saturated rings. The minimum absolute atomic E-state index is 0.215. The lowest BCUT2D eigenvalue weighted by Crippen LogP contribution is -2.61. The molecule has 1 aromatic heterocycles. The first kappa shape index (κ1) is 16.1. The standard InChI is InChI=1S/C16H19N5O3/c1-16(2,3)24-15(23)20-4-5-21-12(9-20)14(22)19-11-6-10(7-17)8-18-13(11)21/h6,8,12H,4-5,9H2,1-3H3,(H,19,22)/t12-/m0/s1. The smallest absolute Gasteiger partial charge is 0.410 e. The Kier molecular flexibility index (Phi) is 3.79. The van der Waals surface area contributed by atoms with Gasteiger partial charge in [0.05, 0.1) is 17.8 Å². The number of pyridine rings is 1. The van der Waals surface area contributed by atoms with Gasteiger partial charge in [0, 0.05) is 19.3 Å². The van der Waals surface area contributed by atoms with Crippen molar-refractivity contribution in [2.45, 2.75) is 32.4 Å². The number of nitrogens with zero attached hydrogens (tertiary/aromatic N) is 4. The number of nitriles is 1. The number of ether oxygens (including phenoxy) is 1. The van der Waals surface area contributed by atoms with Crippen LogP contribution >= 0.6 is 0 Å². The maximum atomic E-state index is 12.4. The fourth-order valence-corrected chi connectivity index (χ4v) is 2.81. The molecule has 2 aliphatic rings. The van der Waals surface area contributed by atoms with E-state index in [1.807, 2.05) is 11.0 Å².